The van der Waals surface area contributed by atoms with Gasteiger partial charge in [-0.15, -0.1) is 0 Å². The molecular weight excluding hydrogens is 293 g/mol. The number of halogens is 2. The highest BCUT2D eigenvalue weighted by atomic mass is 35.5. The number of nitrogens with one attached hydrogen (secondary N) is 1. The van der Waals surface area contributed by atoms with E-state index in [-0.39, 0.29) is 11.9 Å². The van der Waals surface area contributed by atoms with Gasteiger partial charge in [0.25, 0.3) is 0 Å². The van der Waals surface area contributed by atoms with E-state index in [0.717, 1.165) is 11.1 Å². The molecule has 3 aromatic rings. The van der Waals surface area contributed by atoms with E-state index in [1.165, 1.54) is 6.07 Å². The molecule has 1 aromatic carbocycles. The molecule has 1 unspecified atom stereocenters. The highest BCUT2D eigenvalue weighted by Gasteiger charge is 2.19. The van der Waals surface area contributed by atoms with Gasteiger partial charge in [-0.3, -0.25) is 16.3 Å². The summed E-state index contributed by atoms with van der Waals surface area (Å²) in [5.74, 6) is 5.28. The Hall–Kier alpha value is -2.02. The van der Waals surface area contributed by atoms with Gasteiger partial charge in [-0.2, -0.15) is 5.10 Å². The highest BCUT2D eigenvalue weighted by molar-refractivity contribution is 6.31. The number of benzene rings is 1. The van der Waals surface area contributed by atoms with E-state index in [4.69, 9.17) is 17.4 Å². The maximum atomic E-state index is 13.9. The van der Waals surface area contributed by atoms with Gasteiger partial charge in [0.1, 0.15) is 5.82 Å². The third kappa shape index (κ3) is 2.61. The lowest BCUT2D eigenvalue weighted by molar-refractivity contribution is 0.531. The molecule has 3 rings (SSSR count). The number of rotatable bonds is 4. The first-order valence-electron chi connectivity index (χ1n) is 6.37. The molecule has 0 radical (unpaired) electrons. The van der Waals surface area contributed by atoms with Gasteiger partial charge in [-0.25, -0.2) is 8.91 Å². The third-order valence-corrected chi connectivity index (χ3v) is 3.76. The Morgan fingerprint density at radius 1 is 1.38 bits per heavy atom. The molecule has 21 heavy (non-hydrogen) atoms. The highest BCUT2D eigenvalue weighted by Crippen LogP contribution is 2.27. The smallest absolute Gasteiger partial charge is 0.127 e. The molecule has 3 N–H and O–H groups in total. The first kappa shape index (κ1) is 13.9. The van der Waals surface area contributed by atoms with E-state index in [1.54, 1.807) is 41.4 Å². The normalized spacial score (nSPS) is 12.7. The van der Waals surface area contributed by atoms with Gasteiger partial charge >= 0.3 is 0 Å². The van der Waals surface area contributed by atoms with E-state index in [1.807, 2.05) is 0 Å². The van der Waals surface area contributed by atoms with E-state index >= 15 is 0 Å². The van der Waals surface area contributed by atoms with Crippen LogP contribution in [-0.2, 0) is 6.42 Å². The summed E-state index contributed by atoms with van der Waals surface area (Å²) in [7, 11) is 0. The van der Waals surface area contributed by atoms with E-state index < -0.39 is 0 Å². The summed E-state index contributed by atoms with van der Waals surface area (Å²) in [6.07, 6.45) is 7.08. The molecule has 1 atom stereocenters. The number of nitrogens with zero attached hydrogens (tertiary/aromatic N) is 3. The predicted molar refractivity (Wildman–Crippen MR) is 78.2 cm³/mol. The molecule has 5 nitrogen and oxygen atoms in total. The summed E-state index contributed by atoms with van der Waals surface area (Å²) in [5.41, 5.74) is 4.77. The fraction of sp³-hybridized carbons (Fsp3) is 0.143. The van der Waals surface area contributed by atoms with Gasteiger partial charge in [0.15, 0.2) is 0 Å². The van der Waals surface area contributed by atoms with Crippen LogP contribution in [0.25, 0.3) is 5.52 Å². The molecule has 2 aromatic heterocycles. The minimum atomic E-state index is -0.350. The molecule has 0 aliphatic rings. The molecule has 0 bridgehead atoms. The van der Waals surface area contributed by atoms with Crippen LogP contribution >= 0.6 is 11.6 Å². The van der Waals surface area contributed by atoms with Crippen LogP contribution in [0, 0.1) is 5.82 Å². The van der Waals surface area contributed by atoms with Crippen LogP contribution in [0.15, 0.2) is 43.0 Å². The Labute approximate surface area is 125 Å². The van der Waals surface area contributed by atoms with Gasteiger partial charge in [0.2, 0.25) is 0 Å². The second-order valence-corrected chi connectivity index (χ2v) is 5.04. The lowest BCUT2D eigenvalue weighted by Crippen LogP contribution is -2.29. The van der Waals surface area contributed by atoms with E-state index in [2.05, 4.69) is 15.5 Å². The van der Waals surface area contributed by atoms with Crippen LogP contribution in [0.3, 0.4) is 0 Å². The molecule has 0 fully saturated rings. The molecular formula is C14H13ClFN5. The standard InChI is InChI=1S/C14H13ClFN5/c15-11-2-1-3-12(16)9(11)6-13(20-17)10-7-19-21-5-4-18-8-14(10)21/h1-5,7-8,13,20H,6,17H2. The Morgan fingerprint density at radius 2 is 2.24 bits per heavy atom. The fourth-order valence-corrected chi connectivity index (χ4v) is 2.55. The van der Waals surface area contributed by atoms with Crippen molar-refractivity contribution in [3.8, 4) is 0 Å². The summed E-state index contributed by atoms with van der Waals surface area (Å²) >= 11 is 6.07. The second kappa shape index (κ2) is 5.77. The topological polar surface area (TPSA) is 68.2 Å². The monoisotopic (exact) mass is 305 g/mol. The summed E-state index contributed by atoms with van der Waals surface area (Å²) in [5, 5.41) is 4.61. The van der Waals surface area contributed by atoms with Crippen molar-refractivity contribution in [1.82, 2.24) is 20.0 Å². The zero-order valence-corrected chi connectivity index (χ0v) is 11.8. The minimum absolute atomic E-state index is 0.318. The van der Waals surface area contributed by atoms with Crippen molar-refractivity contribution in [3.63, 3.8) is 0 Å². The molecule has 0 amide bonds. The maximum absolute atomic E-state index is 13.9. The van der Waals surface area contributed by atoms with Crippen molar-refractivity contribution < 1.29 is 4.39 Å². The number of aromatic nitrogens is 3. The van der Waals surface area contributed by atoms with Gasteiger partial charge in [0, 0.05) is 28.5 Å². The number of hydrazine groups is 1. The minimum Gasteiger partial charge on any atom is -0.271 e. The summed E-state index contributed by atoms with van der Waals surface area (Å²) in [4.78, 5) is 4.08. The van der Waals surface area contributed by atoms with Crippen molar-refractivity contribution in [1.29, 1.82) is 0 Å². The second-order valence-electron chi connectivity index (χ2n) is 4.63. The van der Waals surface area contributed by atoms with Crippen LogP contribution in [-0.4, -0.2) is 14.6 Å². The van der Waals surface area contributed by atoms with Gasteiger partial charge < -0.3 is 0 Å². The SMILES string of the molecule is NNC(Cc1c(F)cccc1Cl)c1cnn2ccncc12. The first-order valence-corrected chi connectivity index (χ1v) is 6.74. The lowest BCUT2D eigenvalue weighted by atomic mass is 10.0. The Bertz CT molecular complexity index is 753. The molecule has 0 spiro atoms. The molecule has 7 heteroatoms. The predicted octanol–water partition coefficient (Wildman–Crippen LogP) is 2.27. The lowest BCUT2D eigenvalue weighted by Gasteiger charge is -2.16. The average molecular weight is 306 g/mol. The number of hydrogen-bond acceptors (Lipinski definition) is 4. The first-order chi connectivity index (χ1) is 10.2. The maximum Gasteiger partial charge on any atom is 0.127 e. The average Bonchev–Trinajstić information content (AvgIpc) is 2.91. The van der Waals surface area contributed by atoms with Gasteiger partial charge in [-0.1, -0.05) is 17.7 Å². The van der Waals surface area contributed by atoms with Crippen molar-refractivity contribution >= 4 is 17.1 Å². The van der Waals surface area contributed by atoms with Crippen LogP contribution in [0.2, 0.25) is 5.02 Å². The Balaban J connectivity index is 1.99. The molecule has 0 aliphatic heterocycles. The number of nitrogens with two attached hydrogens (primary N) is 1. The molecule has 0 saturated carbocycles. The van der Waals surface area contributed by atoms with Crippen molar-refractivity contribution in [3.05, 3.63) is 65.0 Å². The van der Waals surface area contributed by atoms with Crippen LogP contribution in [0.4, 0.5) is 4.39 Å². The van der Waals surface area contributed by atoms with Crippen LogP contribution in [0.5, 0.6) is 0 Å². The molecule has 108 valence electrons. The number of hydrogen-bond donors (Lipinski definition) is 2. The van der Waals surface area contributed by atoms with Crippen LogP contribution in [0.1, 0.15) is 17.2 Å². The summed E-state index contributed by atoms with van der Waals surface area (Å²) in [6.45, 7) is 0. The van der Waals surface area contributed by atoms with Crippen molar-refractivity contribution in [2.75, 3.05) is 0 Å². The number of fused-ring (bicyclic) bond motifs is 1. The zero-order chi connectivity index (χ0) is 14.8. The summed E-state index contributed by atoms with van der Waals surface area (Å²) < 4.78 is 15.6. The summed E-state index contributed by atoms with van der Waals surface area (Å²) in [6, 6.07) is 4.30. The Morgan fingerprint density at radius 3 is 3.00 bits per heavy atom. The fourth-order valence-electron chi connectivity index (χ4n) is 2.31. The van der Waals surface area contributed by atoms with Crippen molar-refractivity contribution in [2.45, 2.75) is 12.5 Å². The van der Waals surface area contributed by atoms with Crippen LogP contribution < -0.4 is 11.3 Å². The van der Waals surface area contributed by atoms with E-state index in [9.17, 15) is 4.39 Å². The van der Waals surface area contributed by atoms with Gasteiger partial charge in [-0.05, 0) is 18.6 Å². The Kier molecular flexibility index (Phi) is 3.83. The van der Waals surface area contributed by atoms with Crippen molar-refractivity contribution in [2.24, 2.45) is 5.84 Å². The molecule has 0 aliphatic carbocycles. The molecule has 2 heterocycles. The zero-order valence-electron chi connectivity index (χ0n) is 11.0. The van der Waals surface area contributed by atoms with Gasteiger partial charge in [0.05, 0.1) is 24.0 Å². The largest absolute Gasteiger partial charge is 0.271 e. The third-order valence-electron chi connectivity index (χ3n) is 3.40. The quantitative estimate of drug-likeness (QED) is 0.573. The van der Waals surface area contributed by atoms with E-state index in [0.29, 0.717) is 17.0 Å². The molecule has 0 saturated heterocycles.